The summed E-state index contributed by atoms with van der Waals surface area (Å²) < 4.78 is 0. The van der Waals surface area contributed by atoms with Gasteiger partial charge in [0.05, 0.1) is 0 Å². The number of anilines is 1. The molecule has 0 amide bonds. The third-order valence-electron chi connectivity index (χ3n) is 3.62. The molecule has 0 bridgehead atoms. The number of rotatable bonds is 6. The lowest BCUT2D eigenvalue weighted by atomic mass is 10.3. The second kappa shape index (κ2) is 7.40. The highest BCUT2D eigenvalue weighted by molar-refractivity contribution is 5.28. The summed E-state index contributed by atoms with van der Waals surface area (Å²) in [6, 6.07) is 0. The third-order valence-corrected chi connectivity index (χ3v) is 3.62. The Kier molecular flexibility index (Phi) is 5.54. The van der Waals surface area contributed by atoms with E-state index in [9.17, 15) is 0 Å². The molecule has 0 atom stereocenters. The molecular weight excluding hydrogens is 238 g/mol. The van der Waals surface area contributed by atoms with Gasteiger partial charge in [-0.15, -0.1) is 0 Å². The van der Waals surface area contributed by atoms with Crippen molar-refractivity contribution >= 4 is 5.95 Å². The molecule has 1 aliphatic rings. The van der Waals surface area contributed by atoms with Crippen molar-refractivity contribution in [2.24, 2.45) is 0 Å². The molecule has 1 N–H and O–H groups in total. The minimum Gasteiger partial charge on any atom is -0.344 e. The number of hydrogen-bond acceptors (Lipinski definition) is 5. The highest BCUT2D eigenvalue weighted by Crippen LogP contribution is 2.06. The van der Waals surface area contributed by atoms with Crippen molar-refractivity contribution in [2.45, 2.75) is 19.8 Å². The second-order valence-corrected chi connectivity index (χ2v) is 5.11. The van der Waals surface area contributed by atoms with Crippen LogP contribution >= 0.6 is 0 Å². The number of aryl methyl sites for hydroxylation is 1. The Labute approximate surface area is 116 Å². The second-order valence-electron chi connectivity index (χ2n) is 5.11. The van der Waals surface area contributed by atoms with Crippen LogP contribution in [0, 0.1) is 0 Å². The fourth-order valence-electron chi connectivity index (χ4n) is 2.29. The minimum atomic E-state index is 0.831. The molecule has 0 radical (unpaired) electrons. The zero-order chi connectivity index (χ0) is 13.5. The van der Waals surface area contributed by atoms with Crippen LogP contribution in [-0.4, -0.2) is 61.2 Å². The zero-order valence-electron chi connectivity index (χ0n) is 12.1. The summed E-state index contributed by atoms with van der Waals surface area (Å²) in [5.74, 6) is 0.831. The maximum atomic E-state index is 4.41. The number of piperazine rings is 1. The largest absolute Gasteiger partial charge is 0.344 e. The van der Waals surface area contributed by atoms with Crippen molar-refractivity contribution in [3.8, 4) is 0 Å². The van der Waals surface area contributed by atoms with Crippen LogP contribution in [-0.2, 0) is 6.42 Å². The van der Waals surface area contributed by atoms with Gasteiger partial charge in [0.15, 0.2) is 0 Å². The molecule has 106 valence electrons. The Bertz CT molecular complexity index is 359. The third kappa shape index (κ3) is 4.44. The van der Waals surface area contributed by atoms with Gasteiger partial charge in [-0.3, -0.25) is 0 Å². The van der Waals surface area contributed by atoms with Gasteiger partial charge >= 0.3 is 0 Å². The summed E-state index contributed by atoms with van der Waals surface area (Å²) in [5.41, 5.74) is 1.19. The number of aromatic nitrogens is 2. The molecular formula is C14H25N5. The van der Waals surface area contributed by atoms with Gasteiger partial charge in [-0.1, -0.05) is 6.92 Å². The van der Waals surface area contributed by atoms with E-state index in [1.807, 2.05) is 12.4 Å². The maximum absolute atomic E-state index is 4.41. The smallest absolute Gasteiger partial charge is 0.224 e. The number of nitrogens with one attached hydrogen (secondary N) is 1. The molecule has 0 spiro atoms. The summed E-state index contributed by atoms with van der Waals surface area (Å²) in [4.78, 5) is 13.5. The lowest BCUT2D eigenvalue weighted by Crippen LogP contribution is -2.44. The number of nitrogens with zero attached hydrogens (tertiary/aromatic N) is 4. The molecule has 1 aromatic rings. The Morgan fingerprint density at radius 1 is 1.26 bits per heavy atom. The van der Waals surface area contributed by atoms with Crippen LogP contribution in [0.5, 0.6) is 0 Å². The number of hydrogen-bond donors (Lipinski definition) is 1. The Morgan fingerprint density at radius 3 is 2.58 bits per heavy atom. The molecule has 1 aliphatic heterocycles. The molecule has 1 fully saturated rings. The summed E-state index contributed by atoms with van der Waals surface area (Å²) in [7, 11) is 2.07. The van der Waals surface area contributed by atoms with E-state index in [1.165, 1.54) is 25.2 Å². The Hall–Kier alpha value is -1.20. The van der Waals surface area contributed by atoms with E-state index < -0.39 is 0 Å². The lowest BCUT2D eigenvalue weighted by molar-refractivity contribution is 0.239. The molecule has 1 aromatic heterocycles. The van der Waals surface area contributed by atoms with Gasteiger partial charge in [-0.25, -0.2) is 9.97 Å². The molecule has 2 rings (SSSR count). The first-order valence-corrected chi connectivity index (χ1v) is 7.24. The monoisotopic (exact) mass is 263 g/mol. The molecule has 0 saturated carbocycles. The van der Waals surface area contributed by atoms with Crippen LogP contribution in [0.4, 0.5) is 5.95 Å². The van der Waals surface area contributed by atoms with Gasteiger partial charge in [0.1, 0.15) is 0 Å². The summed E-state index contributed by atoms with van der Waals surface area (Å²) in [6.45, 7) is 8.88. The predicted octanol–water partition coefficient (Wildman–Crippen LogP) is 0.771. The summed E-state index contributed by atoms with van der Waals surface area (Å²) in [5, 5.41) is 3.38. The first-order valence-electron chi connectivity index (χ1n) is 7.24. The van der Waals surface area contributed by atoms with E-state index in [-0.39, 0.29) is 0 Å². The minimum absolute atomic E-state index is 0.831. The molecule has 2 heterocycles. The van der Waals surface area contributed by atoms with E-state index in [2.05, 4.69) is 39.1 Å². The summed E-state index contributed by atoms with van der Waals surface area (Å²) >= 11 is 0. The van der Waals surface area contributed by atoms with Crippen LogP contribution in [0.2, 0.25) is 0 Å². The van der Waals surface area contributed by atoms with E-state index >= 15 is 0 Å². The van der Waals surface area contributed by atoms with E-state index in [0.717, 1.165) is 38.4 Å². The summed E-state index contributed by atoms with van der Waals surface area (Å²) in [6.07, 6.45) is 6.01. The quantitative estimate of drug-likeness (QED) is 0.821. The standard InChI is InChI=1S/C14H25N5/c1-3-13-11-16-14(17-12-13)18(2)7-4-8-19-9-5-15-6-10-19/h11-12,15H,3-10H2,1-2H3. The van der Waals surface area contributed by atoms with Gasteiger partial charge in [0.25, 0.3) is 0 Å². The van der Waals surface area contributed by atoms with Crippen LogP contribution in [0.15, 0.2) is 12.4 Å². The molecule has 19 heavy (non-hydrogen) atoms. The van der Waals surface area contributed by atoms with Crippen LogP contribution in [0.3, 0.4) is 0 Å². The molecule has 1 saturated heterocycles. The van der Waals surface area contributed by atoms with E-state index in [1.54, 1.807) is 0 Å². The average molecular weight is 263 g/mol. The molecule has 5 nitrogen and oxygen atoms in total. The van der Waals surface area contributed by atoms with Gasteiger partial charge in [0.2, 0.25) is 5.95 Å². The SMILES string of the molecule is CCc1cnc(N(C)CCCN2CCNCC2)nc1. The van der Waals surface area contributed by atoms with Crippen molar-refractivity contribution in [1.29, 1.82) is 0 Å². The zero-order valence-corrected chi connectivity index (χ0v) is 12.1. The Balaban J connectivity index is 1.72. The highest BCUT2D eigenvalue weighted by atomic mass is 15.2. The lowest BCUT2D eigenvalue weighted by Gasteiger charge is -2.27. The van der Waals surface area contributed by atoms with Crippen LogP contribution < -0.4 is 10.2 Å². The average Bonchev–Trinajstić information content (AvgIpc) is 2.48. The van der Waals surface area contributed by atoms with E-state index in [0.29, 0.717) is 0 Å². The fraction of sp³-hybridized carbons (Fsp3) is 0.714. The molecule has 0 unspecified atom stereocenters. The van der Waals surface area contributed by atoms with Crippen molar-refractivity contribution < 1.29 is 0 Å². The van der Waals surface area contributed by atoms with Crippen LogP contribution in [0.25, 0.3) is 0 Å². The first-order chi connectivity index (χ1) is 9.29. The normalized spacial score (nSPS) is 16.5. The van der Waals surface area contributed by atoms with Crippen molar-refractivity contribution in [3.63, 3.8) is 0 Å². The van der Waals surface area contributed by atoms with Gasteiger partial charge in [-0.05, 0) is 24.9 Å². The van der Waals surface area contributed by atoms with Gasteiger partial charge in [-0.2, -0.15) is 0 Å². The maximum Gasteiger partial charge on any atom is 0.224 e. The first kappa shape index (κ1) is 14.2. The van der Waals surface area contributed by atoms with Crippen molar-refractivity contribution in [3.05, 3.63) is 18.0 Å². The topological polar surface area (TPSA) is 44.3 Å². The van der Waals surface area contributed by atoms with Gasteiger partial charge in [0, 0.05) is 52.2 Å². The van der Waals surface area contributed by atoms with E-state index in [4.69, 9.17) is 0 Å². The predicted molar refractivity (Wildman–Crippen MR) is 78.6 cm³/mol. The highest BCUT2D eigenvalue weighted by Gasteiger charge is 2.10. The molecule has 0 aliphatic carbocycles. The van der Waals surface area contributed by atoms with Gasteiger partial charge < -0.3 is 15.1 Å². The van der Waals surface area contributed by atoms with Crippen molar-refractivity contribution in [2.75, 3.05) is 51.2 Å². The fourth-order valence-corrected chi connectivity index (χ4v) is 2.29. The Morgan fingerprint density at radius 2 is 1.95 bits per heavy atom. The molecule has 5 heteroatoms. The molecule has 0 aromatic carbocycles. The van der Waals surface area contributed by atoms with Crippen molar-refractivity contribution in [1.82, 2.24) is 20.2 Å². The van der Waals surface area contributed by atoms with Crippen LogP contribution in [0.1, 0.15) is 18.9 Å².